The number of hydrogen-bond donors (Lipinski definition) is 1. The van der Waals surface area contributed by atoms with Gasteiger partial charge in [0.15, 0.2) is 0 Å². The van der Waals surface area contributed by atoms with Crippen molar-refractivity contribution >= 4 is 17.7 Å². The molecule has 0 saturated carbocycles. The van der Waals surface area contributed by atoms with Gasteiger partial charge in [0.2, 0.25) is 5.91 Å². The van der Waals surface area contributed by atoms with Crippen molar-refractivity contribution in [2.75, 3.05) is 12.0 Å². The summed E-state index contributed by atoms with van der Waals surface area (Å²) in [7, 11) is 0. The highest BCUT2D eigenvalue weighted by Gasteiger charge is 2.09. The molecule has 2 rings (SSSR count). The van der Waals surface area contributed by atoms with Crippen molar-refractivity contribution in [2.45, 2.75) is 13.0 Å². The second-order valence-electron chi connectivity index (χ2n) is 4.71. The summed E-state index contributed by atoms with van der Waals surface area (Å²) in [6.07, 6.45) is 1.93. The van der Waals surface area contributed by atoms with E-state index in [9.17, 15) is 4.79 Å². The molecule has 0 fully saturated rings. The Morgan fingerprint density at radius 1 is 1.05 bits per heavy atom. The standard InChI is InChI=1S/C17H19NOS/c1-13(18-17(19)12-20-2)14-8-10-16(11-9-14)15-6-4-3-5-7-15/h3-11,13H,12H2,1-2H3,(H,18,19). The fraction of sp³-hybridized carbons (Fsp3) is 0.235. The van der Waals surface area contributed by atoms with Gasteiger partial charge in [-0.05, 0) is 29.9 Å². The lowest BCUT2D eigenvalue weighted by Crippen LogP contribution is -2.28. The van der Waals surface area contributed by atoms with Gasteiger partial charge in [-0.15, -0.1) is 0 Å². The highest BCUT2D eigenvalue weighted by Crippen LogP contribution is 2.21. The van der Waals surface area contributed by atoms with Crippen LogP contribution in [-0.4, -0.2) is 17.9 Å². The first-order chi connectivity index (χ1) is 9.70. The number of carbonyl (C=O) groups excluding carboxylic acids is 1. The quantitative estimate of drug-likeness (QED) is 0.903. The van der Waals surface area contributed by atoms with E-state index in [1.165, 1.54) is 22.9 Å². The largest absolute Gasteiger partial charge is 0.349 e. The Hall–Kier alpha value is -1.74. The van der Waals surface area contributed by atoms with Crippen molar-refractivity contribution in [3.63, 3.8) is 0 Å². The first kappa shape index (κ1) is 14.7. The molecule has 104 valence electrons. The third kappa shape index (κ3) is 3.87. The molecule has 0 spiro atoms. The van der Waals surface area contributed by atoms with E-state index >= 15 is 0 Å². The van der Waals surface area contributed by atoms with E-state index in [-0.39, 0.29) is 11.9 Å². The van der Waals surface area contributed by atoms with Gasteiger partial charge in [-0.2, -0.15) is 11.8 Å². The molecule has 20 heavy (non-hydrogen) atoms. The number of rotatable bonds is 5. The number of nitrogens with one attached hydrogen (secondary N) is 1. The second kappa shape index (κ2) is 7.15. The van der Waals surface area contributed by atoms with Crippen LogP contribution in [0.5, 0.6) is 0 Å². The minimum Gasteiger partial charge on any atom is -0.349 e. The van der Waals surface area contributed by atoms with Crippen molar-refractivity contribution < 1.29 is 4.79 Å². The predicted octanol–water partition coefficient (Wildman–Crippen LogP) is 3.89. The topological polar surface area (TPSA) is 29.1 Å². The zero-order chi connectivity index (χ0) is 14.4. The summed E-state index contributed by atoms with van der Waals surface area (Å²) in [5, 5.41) is 3.00. The number of hydrogen-bond acceptors (Lipinski definition) is 2. The predicted molar refractivity (Wildman–Crippen MR) is 86.8 cm³/mol. The maximum atomic E-state index is 11.6. The maximum absolute atomic E-state index is 11.6. The number of carbonyl (C=O) groups is 1. The van der Waals surface area contributed by atoms with E-state index in [0.29, 0.717) is 5.75 Å². The Kier molecular flexibility index (Phi) is 5.24. The molecule has 0 saturated heterocycles. The van der Waals surface area contributed by atoms with Crippen LogP contribution in [-0.2, 0) is 4.79 Å². The van der Waals surface area contributed by atoms with Crippen molar-refractivity contribution in [2.24, 2.45) is 0 Å². The van der Waals surface area contributed by atoms with Gasteiger partial charge in [-0.1, -0.05) is 54.6 Å². The summed E-state index contributed by atoms with van der Waals surface area (Å²) >= 11 is 1.53. The Morgan fingerprint density at radius 2 is 1.65 bits per heavy atom. The first-order valence-electron chi connectivity index (χ1n) is 6.64. The van der Waals surface area contributed by atoms with Crippen LogP contribution in [0.3, 0.4) is 0 Å². The lowest BCUT2D eigenvalue weighted by Gasteiger charge is -2.14. The molecule has 1 amide bonds. The van der Waals surface area contributed by atoms with Crippen molar-refractivity contribution in [3.8, 4) is 11.1 Å². The van der Waals surface area contributed by atoms with Crippen LogP contribution >= 0.6 is 11.8 Å². The summed E-state index contributed by atoms with van der Waals surface area (Å²) in [4.78, 5) is 11.6. The van der Waals surface area contributed by atoms with Crippen LogP contribution in [0.1, 0.15) is 18.5 Å². The Morgan fingerprint density at radius 3 is 2.25 bits per heavy atom. The lowest BCUT2D eigenvalue weighted by atomic mass is 10.0. The molecule has 1 N–H and O–H groups in total. The summed E-state index contributed by atoms with van der Waals surface area (Å²) in [5.41, 5.74) is 3.52. The summed E-state index contributed by atoms with van der Waals surface area (Å²) in [6, 6.07) is 18.7. The average molecular weight is 285 g/mol. The van der Waals surface area contributed by atoms with E-state index in [1.807, 2.05) is 31.4 Å². The van der Waals surface area contributed by atoms with Crippen LogP contribution < -0.4 is 5.32 Å². The third-order valence-electron chi connectivity index (χ3n) is 3.17. The van der Waals surface area contributed by atoms with E-state index < -0.39 is 0 Å². The molecule has 1 unspecified atom stereocenters. The molecule has 0 radical (unpaired) electrons. The van der Waals surface area contributed by atoms with Crippen LogP contribution in [0.25, 0.3) is 11.1 Å². The summed E-state index contributed by atoms with van der Waals surface area (Å²) < 4.78 is 0. The molecule has 0 bridgehead atoms. The Labute approximate surface area is 124 Å². The van der Waals surface area contributed by atoms with Crippen LogP contribution in [0.15, 0.2) is 54.6 Å². The minimum atomic E-state index is 0.0412. The highest BCUT2D eigenvalue weighted by molar-refractivity contribution is 7.99. The minimum absolute atomic E-state index is 0.0412. The molecule has 0 aliphatic rings. The average Bonchev–Trinajstić information content (AvgIpc) is 2.48. The highest BCUT2D eigenvalue weighted by atomic mass is 32.2. The number of amides is 1. The maximum Gasteiger partial charge on any atom is 0.230 e. The second-order valence-corrected chi connectivity index (χ2v) is 5.58. The van der Waals surface area contributed by atoms with Gasteiger partial charge in [0.25, 0.3) is 0 Å². The fourth-order valence-corrected chi connectivity index (χ4v) is 2.44. The van der Waals surface area contributed by atoms with E-state index in [0.717, 1.165) is 5.56 Å². The summed E-state index contributed by atoms with van der Waals surface area (Å²) in [5.74, 6) is 0.587. The van der Waals surface area contributed by atoms with Crippen LogP contribution in [0.2, 0.25) is 0 Å². The van der Waals surface area contributed by atoms with Crippen molar-refractivity contribution in [3.05, 3.63) is 60.2 Å². The Balaban J connectivity index is 2.06. The van der Waals surface area contributed by atoms with Gasteiger partial charge in [0.05, 0.1) is 11.8 Å². The summed E-state index contributed by atoms with van der Waals surface area (Å²) in [6.45, 7) is 2.01. The molecule has 3 heteroatoms. The fourth-order valence-electron chi connectivity index (χ4n) is 2.09. The van der Waals surface area contributed by atoms with Gasteiger partial charge >= 0.3 is 0 Å². The number of thioether (sulfide) groups is 1. The third-order valence-corrected chi connectivity index (χ3v) is 3.72. The molecule has 2 nitrogen and oxygen atoms in total. The van der Waals surface area contributed by atoms with Gasteiger partial charge in [-0.3, -0.25) is 4.79 Å². The van der Waals surface area contributed by atoms with Gasteiger partial charge in [-0.25, -0.2) is 0 Å². The van der Waals surface area contributed by atoms with Gasteiger partial charge in [0, 0.05) is 0 Å². The van der Waals surface area contributed by atoms with Crippen molar-refractivity contribution in [1.29, 1.82) is 0 Å². The molecule has 0 aliphatic carbocycles. The van der Waals surface area contributed by atoms with Crippen molar-refractivity contribution in [1.82, 2.24) is 5.32 Å². The molecular weight excluding hydrogens is 266 g/mol. The monoisotopic (exact) mass is 285 g/mol. The molecule has 0 heterocycles. The first-order valence-corrected chi connectivity index (χ1v) is 8.04. The van der Waals surface area contributed by atoms with E-state index in [1.54, 1.807) is 0 Å². The zero-order valence-corrected chi connectivity index (χ0v) is 12.6. The smallest absolute Gasteiger partial charge is 0.230 e. The number of benzene rings is 2. The van der Waals surface area contributed by atoms with Gasteiger partial charge < -0.3 is 5.32 Å². The molecule has 0 aliphatic heterocycles. The molecular formula is C17H19NOS. The molecule has 1 atom stereocenters. The van der Waals surface area contributed by atoms with Gasteiger partial charge in [0.1, 0.15) is 0 Å². The lowest BCUT2D eigenvalue weighted by molar-refractivity contribution is -0.119. The zero-order valence-electron chi connectivity index (χ0n) is 11.8. The normalized spacial score (nSPS) is 11.9. The SMILES string of the molecule is CSCC(=O)NC(C)c1ccc(-c2ccccc2)cc1. The molecule has 0 aromatic heterocycles. The molecule has 2 aromatic carbocycles. The van der Waals surface area contributed by atoms with Crippen LogP contribution in [0.4, 0.5) is 0 Å². The van der Waals surface area contributed by atoms with E-state index in [4.69, 9.17) is 0 Å². The Bertz CT molecular complexity index is 551. The molecule has 2 aromatic rings. The van der Waals surface area contributed by atoms with E-state index in [2.05, 4.69) is 41.7 Å². The van der Waals surface area contributed by atoms with Crippen LogP contribution in [0, 0.1) is 0 Å².